The quantitative estimate of drug-likeness (QED) is 0.504. The molecule has 0 atom stereocenters. The third-order valence-electron chi connectivity index (χ3n) is 4.55. The van der Waals surface area contributed by atoms with Crippen LogP contribution in [-0.4, -0.2) is 34.9 Å². The van der Waals surface area contributed by atoms with Crippen molar-refractivity contribution in [1.29, 1.82) is 0 Å². The highest BCUT2D eigenvalue weighted by Crippen LogP contribution is 2.29. The zero-order valence-corrected chi connectivity index (χ0v) is 16.7. The number of benzene rings is 2. The molecule has 0 bridgehead atoms. The summed E-state index contributed by atoms with van der Waals surface area (Å²) in [4.78, 5) is 15.6. The monoisotopic (exact) mass is 410 g/mol. The predicted octanol–water partition coefficient (Wildman–Crippen LogP) is 3.95. The standard InChI is InChI=1S/C21H19ClN4O3/c1-28-19-6-4-16(9-20(19)29-2)26-12-13(11-24-26)10-23-21(27)18-8-14-7-15(22)3-5-17(14)25-18/h3-9,11-12,25H,10H2,1-2H3,(H,23,27). The molecule has 0 aliphatic heterocycles. The van der Waals surface area contributed by atoms with E-state index >= 15 is 0 Å². The van der Waals surface area contributed by atoms with Crippen LogP contribution in [0, 0.1) is 0 Å². The lowest BCUT2D eigenvalue weighted by atomic mass is 10.2. The first-order chi connectivity index (χ1) is 14.1. The summed E-state index contributed by atoms with van der Waals surface area (Å²) in [7, 11) is 3.18. The van der Waals surface area contributed by atoms with Gasteiger partial charge < -0.3 is 19.8 Å². The number of aromatic amines is 1. The fraction of sp³-hybridized carbons (Fsp3) is 0.143. The Labute approximate surface area is 172 Å². The summed E-state index contributed by atoms with van der Waals surface area (Å²) in [6, 6.07) is 12.8. The topological polar surface area (TPSA) is 81.2 Å². The van der Waals surface area contributed by atoms with E-state index < -0.39 is 0 Å². The third kappa shape index (κ3) is 3.90. The molecule has 0 saturated heterocycles. The Morgan fingerprint density at radius 1 is 1.14 bits per heavy atom. The number of hydrogen-bond acceptors (Lipinski definition) is 4. The minimum absolute atomic E-state index is 0.198. The van der Waals surface area contributed by atoms with Gasteiger partial charge in [0.2, 0.25) is 0 Å². The molecule has 0 saturated carbocycles. The Morgan fingerprint density at radius 3 is 2.76 bits per heavy atom. The van der Waals surface area contributed by atoms with E-state index in [0.29, 0.717) is 28.8 Å². The summed E-state index contributed by atoms with van der Waals surface area (Å²) in [5, 5.41) is 8.78. The predicted molar refractivity (Wildman–Crippen MR) is 111 cm³/mol. The maximum absolute atomic E-state index is 12.5. The molecule has 4 aromatic rings. The molecular formula is C21H19ClN4O3. The molecule has 2 N–H and O–H groups in total. The molecule has 2 heterocycles. The first-order valence-corrected chi connectivity index (χ1v) is 9.27. The van der Waals surface area contributed by atoms with Crippen molar-refractivity contribution in [2.24, 2.45) is 0 Å². The van der Waals surface area contributed by atoms with E-state index in [4.69, 9.17) is 21.1 Å². The molecule has 29 heavy (non-hydrogen) atoms. The summed E-state index contributed by atoms with van der Waals surface area (Å²) in [6.45, 7) is 0.349. The molecule has 0 radical (unpaired) electrons. The first kappa shape index (κ1) is 18.9. The Bertz CT molecular complexity index is 1180. The lowest BCUT2D eigenvalue weighted by molar-refractivity contribution is 0.0947. The van der Waals surface area contributed by atoms with Gasteiger partial charge in [0.25, 0.3) is 5.91 Å². The van der Waals surface area contributed by atoms with Crippen molar-refractivity contribution in [2.75, 3.05) is 14.2 Å². The summed E-state index contributed by atoms with van der Waals surface area (Å²) < 4.78 is 12.3. The van der Waals surface area contributed by atoms with Crippen molar-refractivity contribution in [3.63, 3.8) is 0 Å². The van der Waals surface area contributed by atoms with Gasteiger partial charge in [-0.2, -0.15) is 5.10 Å². The van der Waals surface area contributed by atoms with E-state index in [1.165, 1.54) is 0 Å². The van der Waals surface area contributed by atoms with Crippen LogP contribution in [0.3, 0.4) is 0 Å². The highest BCUT2D eigenvalue weighted by Gasteiger charge is 2.11. The summed E-state index contributed by atoms with van der Waals surface area (Å²) >= 11 is 6.00. The van der Waals surface area contributed by atoms with E-state index in [-0.39, 0.29) is 5.91 Å². The number of nitrogens with zero attached hydrogens (tertiary/aromatic N) is 2. The summed E-state index contributed by atoms with van der Waals surface area (Å²) in [5.41, 5.74) is 3.04. The van der Waals surface area contributed by atoms with Crippen LogP contribution < -0.4 is 14.8 Å². The number of carbonyl (C=O) groups excluding carboxylic acids is 1. The average Bonchev–Trinajstić information content (AvgIpc) is 3.38. The molecule has 4 rings (SSSR count). The Morgan fingerprint density at radius 2 is 1.97 bits per heavy atom. The number of nitrogens with one attached hydrogen (secondary N) is 2. The minimum atomic E-state index is -0.198. The van der Waals surface area contributed by atoms with E-state index in [1.54, 1.807) is 37.2 Å². The summed E-state index contributed by atoms with van der Waals surface area (Å²) in [6.07, 6.45) is 3.56. The van der Waals surface area contributed by atoms with Gasteiger partial charge in [0, 0.05) is 40.3 Å². The SMILES string of the molecule is COc1ccc(-n2cc(CNC(=O)c3cc4cc(Cl)ccc4[nH]3)cn2)cc1OC. The Balaban J connectivity index is 1.45. The van der Waals surface area contributed by atoms with E-state index in [2.05, 4.69) is 15.4 Å². The Hall–Kier alpha value is -3.45. The van der Waals surface area contributed by atoms with Crippen molar-refractivity contribution in [3.8, 4) is 17.2 Å². The fourth-order valence-corrected chi connectivity index (χ4v) is 3.24. The smallest absolute Gasteiger partial charge is 0.267 e. The molecule has 148 valence electrons. The van der Waals surface area contributed by atoms with E-state index in [9.17, 15) is 4.79 Å². The van der Waals surface area contributed by atoms with Crippen molar-refractivity contribution < 1.29 is 14.3 Å². The summed E-state index contributed by atoms with van der Waals surface area (Å²) in [5.74, 6) is 1.07. The number of hydrogen-bond donors (Lipinski definition) is 2. The number of carbonyl (C=O) groups is 1. The van der Waals surface area contributed by atoms with Gasteiger partial charge in [-0.15, -0.1) is 0 Å². The van der Waals surface area contributed by atoms with E-state index in [0.717, 1.165) is 22.2 Å². The van der Waals surface area contributed by atoms with Crippen LogP contribution in [0.4, 0.5) is 0 Å². The van der Waals surface area contributed by atoms with Crippen LogP contribution >= 0.6 is 11.6 Å². The largest absolute Gasteiger partial charge is 0.493 e. The maximum atomic E-state index is 12.5. The molecule has 2 aromatic heterocycles. The number of aromatic nitrogens is 3. The molecule has 1 amide bonds. The van der Waals surface area contributed by atoms with Crippen LogP contribution in [0.1, 0.15) is 16.1 Å². The number of halogens is 1. The molecule has 2 aromatic carbocycles. The second-order valence-corrected chi connectivity index (χ2v) is 6.87. The van der Waals surface area contributed by atoms with Gasteiger partial charge >= 0.3 is 0 Å². The van der Waals surface area contributed by atoms with Gasteiger partial charge in [0.05, 0.1) is 26.1 Å². The van der Waals surface area contributed by atoms with Crippen molar-refractivity contribution in [3.05, 3.63) is 71.1 Å². The van der Waals surface area contributed by atoms with Gasteiger partial charge in [-0.1, -0.05) is 11.6 Å². The molecule has 0 fully saturated rings. The maximum Gasteiger partial charge on any atom is 0.267 e. The Kier molecular flexibility index (Phi) is 5.14. The lowest BCUT2D eigenvalue weighted by Gasteiger charge is -2.09. The highest BCUT2D eigenvalue weighted by molar-refractivity contribution is 6.31. The van der Waals surface area contributed by atoms with Crippen LogP contribution in [0.15, 0.2) is 54.9 Å². The van der Waals surface area contributed by atoms with Gasteiger partial charge in [-0.3, -0.25) is 4.79 Å². The molecule has 0 spiro atoms. The number of methoxy groups -OCH3 is 2. The lowest BCUT2D eigenvalue weighted by Crippen LogP contribution is -2.22. The number of fused-ring (bicyclic) bond motifs is 1. The van der Waals surface area contributed by atoms with Crippen molar-refractivity contribution in [1.82, 2.24) is 20.1 Å². The normalized spacial score (nSPS) is 10.9. The van der Waals surface area contributed by atoms with Crippen LogP contribution in [0.2, 0.25) is 5.02 Å². The van der Waals surface area contributed by atoms with Crippen LogP contribution in [0.25, 0.3) is 16.6 Å². The molecule has 0 unspecified atom stereocenters. The molecule has 0 aliphatic rings. The zero-order chi connectivity index (χ0) is 20.4. The van der Waals surface area contributed by atoms with Crippen LogP contribution in [-0.2, 0) is 6.54 Å². The highest BCUT2D eigenvalue weighted by atomic mass is 35.5. The van der Waals surface area contributed by atoms with Crippen molar-refractivity contribution >= 4 is 28.4 Å². The third-order valence-corrected chi connectivity index (χ3v) is 4.78. The number of rotatable bonds is 6. The second-order valence-electron chi connectivity index (χ2n) is 6.43. The van der Waals surface area contributed by atoms with Gasteiger partial charge in [-0.05, 0) is 36.4 Å². The number of ether oxygens (including phenoxy) is 2. The van der Waals surface area contributed by atoms with Gasteiger partial charge in [0.15, 0.2) is 11.5 Å². The van der Waals surface area contributed by atoms with Gasteiger partial charge in [-0.25, -0.2) is 4.68 Å². The average molecular weight is 411 g/mol. The van der Waals surface area contributed by atoms with Crippen molar-refractivity contribution in [2.45, 2.75) is 6.54 Å². The second kappa shape index (κ2) is 7.89. The fourth-order valence-electron chi connectivity index (χ4n) is 3.06. The van der Waals surface area contributed by atoms with Crippen LogP contribution in [0.5, 0.6) is 11.5 Å². The number of amides is 1. The number of H-pyrrole nitrogens is 1. The van der Waals surface area contributed by atoms with E-state index in [1.807, 2.05) is 36.5 Å². The zero-order valence-electron chi connectivity index (χ0n) is 15.9. The minimum Gasteiger partial charge on any atom is -0.493 e. The molecular weight excluding hydrogens is 392 g/mol. The molecule has 0 aliphatic carbocycles. The first-order valence-electron chi connectivity index (χ1n) is 8.90. The molecule has 8 heteroatoms. The van der Waals surface area contributed by atoms with Gasteiger partial charge in [0.1, 0.15) is 5.69 Å². The molecule has 7 nitrogen and oxygen atoms in total.